The van der Waals surface area contributed by atoms with Crippen LogP contribution in [0.5, 0.6) is 0 Å². The number of hydrogen-bond donors (Lipinski definition) is 2. The van der Waals surface area contributed by atoms with Crippen LogP contribution in [0.25, 0.3) is 0 Å². The molecule has 1 atom stereocenters. The minimum atomic E-state index is -1.38. The topological polar surface area (TPSA) is 49.7 Å². The molecule has 0 bridgehead atoms. The summed E-state index contributed by atoms with van der Waals surface area (Å²) < 4.78 is 5.64. The van der Waals surface area contributed by atoms with Gasteiger partial charge in [-0.3, -0.25) is 0 Å². The summed E-state index contributed by atoms with van der Waals surface area (Å²) in [5, 5.41) is 17.9. The van der Waals surface area contributed by atoms with E-state index in [1.165, 1.54) is 6.42 Å². The second-order valence-corrected chi connectivity index (χ2v) is 3.90. The van der Waals surface area contributed by atoms with E-state index in [9.17, 15) is 0 Å². The molecule has 0 aliphatic carbocycles. The molecule has 0 saturated carbocycles. The zero-order valence-corrected chi connectivity index (χ0v) is 8.60. The number of rotatable bonds is 2. The number of ether oxygens (including phenoxy) is 1. The molecule has 2 rings (SSSR count). The van der Waals surface area contributed by atoms with Gasteiger partial charge >= 0.3 is 7.12 Å². The van der Waals surface area contributed by atoms with Crippen molar-refractivity contribution in [3.8, 4) is 0 Å². The maximum absolute atomic E-state index is 8.95. The van der Waals surface area contributed by atoms with Crippen molar-refractivity contribution in [2.75, 3.05) is 6.61 Å². The zero-order valence-electron chi connectivity index (χ0n) is 8.60. The summed E-state index contributed by atoms with van der Waals surface area (Å²) in [6.45, 7) is 0.828. The Labute approximate surface area is 89.8 Å². The van der Waals surface area contributed by atoms with E-state index in [0.29, 0.717) is 5.46 Å². The Morgan fingerprint density at radius 3 is 2.40 bits per heavy atom. The third-order valence-corrected chi connectivity index (χ3v) is 2.79. The molecule has 1 aliphatic heterocycles. The average molecular weight is 206 g/mol. The van der Waals surface area contributed by atoms with Gasteiger partial charge in [0.2, 0.25) is 0 Å². The van der Waals surface area contributed by atoms with E-state index in [1.54, 1.807) is 12.1 Å². The number of hydrogen-bond acceptors (Lipinski definition) is 3. The molecule has 1 aromatic rings. The molecule has 4 heteroatoms. The Morgan fingerprint density at radius 1 is 1.13 bits per heavy atom. The molecule has 15 heavy (non-hydrogen) atoms. The molecular weight excluding hydrogens is 191 g/mol. The Balaban J connectivity index is 2.08. The van der Waals surface area contributed by atoms with Crippen molar-refractivity contribution in [2.24, 2.45) is 0 Å². The Hall–Kier alpha value is -0.835. The molecule has 2 N–H and O–H groups in total. The summed E-state index contributed by atoms with van der Waals surface area (Å²) in [4.78, 5) is 0. The van der Waals surface area contributed by atoms with E-state index in [1.807, 2.05) is 12.1 Å². The van der Waals surface area contributed by atoms with Crippen molar-refractivity contribution in [3.05, 3.63) is 29.8 Å². The van der Waals surface area contributed by atoms with Gasteiger partial charge < -0.3 is 14.8 Å². The Bertz CT molecular complexity index is 304. The number of benzene rings is 1. The van der Waals surface area contributed by atoms with Crippen LogP contribution < -0.4 is 5.46 Å². The van der Waals surface area contributed by atoms with E-state index in [-0.39, 0.29) is 6.10 Å². The van der Waals surface area contributed by atoms with E-state index in [2.05, 4.69) is 0 Å². The van der Waals surface area contributed by atoms with Crippen molar-refractivity contribution >= 4 is 12.6 Å². The van der Waals surface area contributed by atoms with Gasteiger partial charge in [0.05, 0.1) is 6.10 Å². The van der Waals surface area contributed by atoms with Crippen LogP contribution in [0.2, 0.25) is 0 Å². The molecule has 80 valence electrons. The Morgan fingerprint density at radius 2 is 1.87 bits per heavy atom. The van der Waals surface area contributed by atoms with Gasteiger partial charge in [-0.2, -0.15) is 0 Å². The normalized spacial score (nSPS) is 21.3. The summed E-state index contributed by atoms with van der Waals surface area (Å²) >= 11 is 0. The molecule has 0 spiro atoms. The fourth-order valence-corrected chi connectivity index (χ4v) is 1.89. The van der Waals surface area contributed by atoms with Gasteiger partial charge in [-0.25, -0.2) is 0 Å². The van der Waals surface area contributed by atoms with E-state index in [4.69, 9.17) is 14.8 Å². The molecular formula is C11H15BO3. The van der Waals surface area contributed by atoms with Crippen LogP contribution in [0.4, 0.5) is 0 Å². The van der Waals surface area contributed by atoms with Crippen LogP contribution in [-0.4, -0.2) is 23.8 Å². The predicted molar refractivity (Wildman–Crippen MR) is 58.8 cm³/mol. The molecule has 1 fully saturated rings. The maximum atomic E-state index is 8.95. The average Bonchev–Trinajstić information content (AvgIpc) is 2.30. The van der Waals surface area contributed by atoms with Gasteiger partial charge in [0.15, 0.2) is 0 Å². The summed E-state index contributed by atoms with van der Waals surface area (Å²) in [5.74, 6) is 0. The summed E-state index contributed by atoms with van der Waals surface area (Å²) in [6, 6.07) is 7.28. The van der Waals surface area contributed by atoms with E-state index < -0.39 is 7.12 Å². The van der Waals surface area contributed by atoms with Crippen LogP contribution in [-0.2, 0) is 4.74 Å². The van der Waals surface area contributed by atoms with Crippen LogP contribution >= 0.6 is 0 Å². The van der Waals surface area contributed by atoms with Crippen LogP contribution in [0.3, 0.4) is 0 Å². The van der Waals surface area contributed by atoms with Gasteiger partial charge in [-0.15, -0.1) is 0 Å². The van der Waals surface area contributed by atoms with Gasteiger partial charge in [0, 0.05) is 6.61 Å². The highest BCUT2D eigenvalue weighted by molar-refractivity contribution is 6.58. The first-order valence-electron chi connectivity index (χ1n) is 5.35. The lowest BCUT2D eigenvalue weighted by atomic mass is 9.80. The smallest absolute Gasteiger partial charge is 0.423 e. The highest BCUT2D eigenvalue weighted by Gasteiger charge is 2.17. The van der Waals surface area contributed by atoms with Gasteiger partial charge in [-0.05, 0) is 30.3 Å². The molecule has 1 unspecified atom stereocenters. The van der Waals surface area contributed by atoms with Crippen molar-refractivity contribution < 1.29 is 14.8 Å². The molecule has 3 nitrogen and oxygen atoms in total. The third-order valence-electron chi connectivity index (χ3n) is 2.79. The second kappa shape index (κ2) is 4.79. The fraction of sp³-hybridized carbons (Fsp3) is 0.455. The quantitative estimate of drug-likeness (QED) is 0.697. The molecule has 0 radical (unpaired) electrons. The molecule has 0 aromatic heterocycles. The Kier molecular flexibility index (Phi) is 3.41. The summed E-state index contributed by atoms with van der Waals surface area (Å²) in [6.07, 6.45) is 3.59. The monoisotopic (exact) mass is 206 g/mol. The summed E-state index contributed by atoms with van der Waals surface area (Å²) in [5.41, 5.74) is 1.65. The minimum absolute atomic E-state index is 0.184. The highest BCUT2D eigenvalue weighted by atomic mass is 16.5. The fourth-order valence-electron chi connectivity index (χ4n) is 1.89. The largest absolute Gasteiger partial charge is 0.488 e. The molecule has 1 heterocycles. The maximum Gasteiger partial charge on any atom is 0.488 e. The molecule has 0 amide bonds. The lowest BCUT2D eigenvalue weighted by molar-refractivity contribution is 0.0150. The predicted octanol–water partition coefficient (Wildman–Crippen LogP) is 0.608. The first kappa shape index (κ1) is 10.7. The van der Waals surface area contributed by atoms with Gasteiger partial charge in [0.25, 0.3) is 0 Å². The van der Waals surface area contributed by atoms with Crippen LogP contribution in [0.15, 0.2) is 24.3 Å². The third kappa shape index (κ3) is 2.59. The molecule has 1 aromatic carbocycles. The first-order valence-corrected chi connectivity index (χ1v) is 5.35. The molecule has 1 saturated heterocycles. The zero-order chi connectivity index (χ0) is 10.7. The van der Waals surface area contributed by atoms with Gasteiger partial charge in [-0.1, -0.05) is 24.3 Å². The van der Waals surface area contributed by atoms with Crippen molar-refractivity contribution in [1.29, 1.82) is 0 Å². The van der Waals surface area contributed by atoms with Gasteiger partial charge in [0.1, 0.15) is 0 Å². The first-order chi connectivity index (χ1) is 7.27. The minimum Gasteiger partial charge on any atom is -0.423 e. The van der Waals surface area contributed by atoms with E-state index >= 15 is 0 Å². The van der Waals surface area contributed by atoms with Crippen molar-refractivity contribution in [2.45, 2.75) is 25.4 Å². The second-order valence-electron chi connectivity index (χ2n) is 3.90. The summed E-state index contributed by atoms with van der Waals surface area (Å²) in [7, 11) is -1.38. The van der Waals surface area contributed by atoms with Crippen molar-refractivity contribution in [1.82, 2.24) is 0 Å². The SMILES string of the molecule is OB(O)c1ccc(C2CCCCO2)cc1. The standard InChI is InChI=1S/C11H15BO3/c13-12(14)10-6-4-9(5-7-10)11-3-1-2-8-15-11/h4-7,11,13-14H,1-3,8H2. The van der Waals surface area contributed by atoms with Crippen LogP contribution in [0, 0.1) is 0 Å². The van der Waals surface area contributed by atoms with Crippen LogP contribution in [0.1, 0.15) is 30.9 Å². The van der Waals surface area contributed by atoms with E-state index in [0.717, 1.165) is 25.0 Å². The van der Waals surface area contributed by atoms with Crippen molar-refractivity contribution in [3.63, 3.8) is 0 Å². The lowest BCUT2D eigenvalue weighted by Crippen LogP contribution is -2.29. The highest BCUT2D eigenvalue weighted by Crippen LogP contribution is 2.26. The molecule has 1 aliphatic rings. The lowest BCUT2D eigenvalue weighted by Gasteiger charge is -2.23.